The van der Waals surface area contributed by atoms with Gasteiger partial charge in [-0.25, -0.2) is 0 Å². The van der Waals surface area contributed by atoms with Crippen molar-refractivity contribution in [3.63, 3.8) is 0 Å². The van der Waals surface area contributed by atoms with E-state index >= 15 is 0 Å². The van der Waals surface area contributed by atoms with E-state index in [1.54, 1.807) is 24.3 Å². The molecule has 0 aromatic heterocycles. The van der Waals surface area contributed by atoms with Crippen LogP contribution >= 0.6 is 11.6 Å². The van der Waals surface area contributed by atoms with E-state index in [4.69, 9.17) is 11.6 Å². The number of hydrogen-bond donors (Lipinski definition) is 1. The summed E-state index contributed by atoms with van der Waals surface area (Å²) in [5, 5.41) is 9.86. The first kappa shape index (κ1) is 17.6. The standard InChI is InChI=1S/C20H23ClO2/c1-2-5-17(16-10-8-15(9-11-16)12-13-21)14-20(23)18-6-3-4-7-19(18)22/h3-4,6-11,17,22H,2,5,12-14H2,1H3. The van der Waals surface area contributed by atoms with Gasteiger partial charge in [-0.2, -0.15) is 0 Å². The zero-order valence-corrected chi connectivity index (χ0v) is 14.2. The Morgan fingerprint density at radius 1 is 1.13 bits per heavy atom. The summed E-state index contributed by atoms with van der Waals surface area (Å²) >= 11 is 5.77. The second-order valence-electron chi connectivity index (χ2n) is 5.81. The van der Waals surface area contributed by atoms with Crippen LogP contribution in [0.1, 0.15) is 53.6 Å². The highest BCUT2D eigenvalue weighted by molar-refractivity contribution is 6.17. The summed E-state index contributed by atoms with van der Waals surface area (Å²) in [7, 11) is 0. The maximum absolute atomic E-state index is 12.5. The minimum atomic E-state index is -0.00798. The SMILES string of the molecule is CCCC(CC(=O)c1ccccc1O)c1ccc(CCCl)cc1. The molecule has 0 heterocycles. The predicted octanol–water partition coefficient (Wildman–Crippen LogP) is 5.33. The van der Waals surface area contributed by atoms with E-state index in [1.165, 1.54) is 11.1 Å². The van der Waals surface area contributed by atoms with Crippen molar-refractivity contribution in [1.82, 2.24) is 0 Å². The zero-order valence-electron chi connectivity index (χ0n) is 13.5. The molecule has 0 amide bonds. The van der Waals surface area contributed by atoms with Crippen LogP contribution in [0.15, 0.2) is 48.5 Å². The molecule has 3 heteroatoms. The fraction of sp³-hybridized carbons (Fsp3) is 0.350. The molecule has 0 fully saturated rings. The van der Waals surface area contributed by atoms with Crippen LogP contribution in [0, 0.1) is 0 Å². The summed E-state index contributed by atoms with van der Waals surface area (Å²) in [6.07, 6.45) is 3.24. The quantitative estimate of drug-likeness (QED) is 0.524. The molecule has 1 unspecified atom stereocenters. The number of phenolic OH excluding ortho intramolecular Hbond substituents is 1. The summed E-state index contributed by atoms with van der Waals surface area (Å²) in [5.41, 5.74) is 2.80. The van der Waals surface area contributed by atoms with E-state index in [1.807, 2.05) is 0 Å². The molecule has 1 atom stereocenters. The van der Waals surface area contributed by atoms with Gasteiger partial charge in [0.2, 0.25) is 0 Å². The molecule has 0 spiro atoms. The van der Waals surface area contributed by atoms with Gasteiger partial charge in [0, 0.05) is 12.3 Å². The summed E-state index contributed by atoms with van der Waals surface area (Å²) in [6.45, 7) is 2.12. The van der Waals surface area contributed by atoms with Gasteiger partial charge in [-0.1, -0.05) is 49.7 Å². The third-order valence-corrected chi connectivity index (χ3v) is 4.30. The van der Waals surface area contributed by atoms with Crippen LogP contribution in [-0.2, 0) is 6.42 Å². The summed E-state index contributed by atoms with van der Waals surface area (Å²) in [6, 6.07) is 15.1. The molecule has 2 rings (SSSR count). The maximum atomic E-state index is 12.5. The molecule has 0 aliphatic carbocycles. The molecule has 122 valence electrons. The van der Waals surface area contributed by atoms with Crippen LogP contribution in [0.25, 0.3) is 0 Å². The lowest BCUT2D eigenvalue weighted by Crippen LogP contribution is -2.08. The van der Waals surface area contributed by atoms with Crippen molar-refractivity contribution in [3.8, 4) is 5.75 Å². The Labute approximate surface area is 143 Å². The van der Waals surface area contributed by atoms with Crippen molar-refractivity contribution in [2.45, 2.75) is 38.5 Å². The minimum Gasteiger partial charge on any atom is -0.507 e. The summed E-state index contributed by atoms with van der Waals surface area (Å²) < 4.78 is 0. The van der Waals surface area contributed by atoms with Crippen molar-refractivity contribution in [2.24, 2.45) is 0 Å². The lowest BCUT2D eigenvalue weighted by atomic mass is 9.87. The molecule has 0 aliphatic heterocycles. The van der Waals surface area contributed by atoms with E-state index in [0.717, 1.165) is 19.3 Å². The molecule has 0 bridgehead atoms. The van der Waals surface area contributed by atoms with E-state index in [9.17, 15) is 9.90 Å². The second-order valence-corrected chi connectivity index (χ2v) is 6.19. The maximum Gasteiger partial charge on any atom is 0.167 e. The molecule has 0 radical (unpaired) electrons. The number of carbonyl (C=O) groups excluding carboxylic acids is 1. The number of alkyl halides is 1. The van der Waals surface area contributed by atoms with Gasteiger partial charge in [0.15, 0.2) is 5.78 Å². The number of carbonyl (C=O) groups is 1. The first-order chi connectivity index (χ1) is 11.2. The van der Waals surface area contributed by atoms with Gasteiger partial charge in [0.1, 0.15) is 5.75 Å². The average molecular weight is 331 g/mol. The highest BCUT2D eigenvalue weighted by Gasteiger charge is 2.18. The monoisotopic (exact) mass is 330 g/mol. The Kier molecular flexibility index (Phi) is 6.66. The van der Waals surface area contributed by atoms with E-state index < -0.39 is 0 Å². The molecular weight excluding hydrogens is 308 g/mol. The van der Waals surface area contributed by atoms with Crippen molar-refractivity contribution in [2.75, 3.05) is 5.88 Å². The van der Waals surface area contributed by atoms with E-state index in [0.29, 0.717) is 17.9 Å². The van der Waals surface area contributed by atoms with Crippen molar-refractivity contribution in [1.29, 1.82) is 0 Å². The van der Waals surface area contributed by atoms with Gasteiger partial charge in [0.25, 0.3) is 0 Å². The number of halogens is 1. The molecule has 2 nitrogen and oxygen atoms in total. The zero-order chi connectivity index (χ0) is 16.7. The molecule has 0 aliphatic rings. The van der Waals surface area contributed by atoms with Crippen LogP contribution in [0.4, 0.5) is 0 Å². The molecule has 0 saturated heterocycles. The van der Waals surface area contributed by atoms with Gasteiger partial charge in [-0.3, -0.25) is 4.79 Å². The lowest BCUT2D eigenvalue weighted by molar-refractivity contribution is 0.0969. The largest absolute Gasteiger partial charge is 0.507 e. The Morgan fingerprint density at radius 2 is 1.83 bits per heavy atom. The number of hydrogen-bond acceptors (Lipinski definition) is 2. The summed E-state index contributed by atoms with van der Waals surface area (Å²) in [5.74, 6) is 0.845. The molecule has 2 aromatic carbocycles. The van der Waals surface area contributed by atoms with Crippen LogP contribution in [0.5, 0.6) is 5.75 Å². The Morgan fingerprint density at radius 3 is 2.43 bits per heavy atom. The molecule has 2 aromatic rings. The van der Waals surface area contributed by atoms with Crippen LogP contribution in [-0.4, -0.2) is 16.8 Å². The fourth-order valence-corrected chi connectivity index (χ4v) is 3.06. The number of Topliss-reactive ketones (excluding diaryl/α,β-unsaturated/α-hetero) is 1. The molecule has 23 heavy (non-hydrogen) atoms. The smallest absolute Gasteiger partial charge is 0.167 e. The normalized spacial score (nSPS) is 12.1. The van der Waals surface area contributed by atoms with Gasteiger partial charge in [0.05, 0.1) is 5.56 Å². The van der Waals surface area contributed by atoms with Crippen LogP contribution in [0.2, 0.25) is 0 Å². The van der Waals surface area contributed by atoms with Crippen molar-refractivity contribution in [3.05, 3.63) is 65.2 Å². The lowest BCUT2D eigenvalue weighted by Gasteiger charge is -2.17. The Bertz CT molecular complexity index is 634. The van der Waals surface area contributed by atoms with Crippen LogP contribution in [0.3, 0.4) is 0 Å². The Hall–Kier alpha value is -1.80. The fourth-order valence-electron chi connectivity index (χ4n) is 2.84. The third kappa shape index (κ3) is 4.84. The number of aryl methyl sites for hydroxylation is 1. The summed E-state index contributed by atoms with van der Waals surface area (Å²) in [4.78, 5) is 12.5. The van der Waals surface area contributed by atoms with Gasteiger partial charge in [-0.15, -0.1) is 11.6 Å². The van der Waals surface area contributed by atoms with E-state index in [-0.39, 0.29) is 17.5 Å². The second kappa shape index (κ2) is 8.73. The number of aromatic hydroxyl groups is 1. The van der Waals surface area contributed by atoms with Crippen LogP contribution < -0.4 is 0 Å². The number of para-hydroxylation sites is 1. The predicted molar refractivity (Wildman–Crippen MR) is 95.6 cm³/mol. The number of rotatable bonds is 8. The highest BCUT2D eigenvalue weighted by atomic mass is 35.5. The average Bonchev–Trinajstić information content (AvgIpc) is 2.56. The molecule has 0 saturated carbocycles. The van der Waals surface area contributed by atoms with Gasteiger partial charge >= 0.3 is 0 Å². The van der Waals surface area contributed by atoms with Crippen molar-refractivity contribution < 1.29 is 9.90 Å². The van der Waals surface area contributed by atoms with Gasteiger partial charge < -0.3 is 5.11 Å². The van der Waals surface area contributed by atoms with Crippen molar-refractivity contribution >= 4 is 17.4 Å². The Balaban J connectivity index is 2.15. The first-order valence-electron chi connectivity index (χ1n) is 8.11. The third-order valence-electron chi connectivity index (χ3n) is 4.11. The highest BCUT2D eigenvalue weighted by Crippen LogP contribution is 2.29. The number of phenols is 1. The number of ketones is 1. The molecule has 1 N–H and O–H groups in total. The first-order valence-corrected chi connectivity index (χ1v) is 8.65. The minimum absolute atomic E-state index is 0.00798. The molecular formula is C20H23ClO2. The van der Waals surface area contributed by atoms with Gasteiger partial charge in [-0.05, 0) is 42.0 Å². The van der Waals surface area contributed by atoms with E-state index in [2.05, 4.69) is 31.2 Å². The number of benzene rings is 2. The topological polar surface area (TPSA) is 37.3 Å².